The Hall–Kier alpha value is -1.72. The number of nitrogens with zero attached hydrogens (tertiary/aromatic N) is 2. The molecule has 5 rings (SSSR count). The van der Waals surface area contributed by atoms with E-state index in [1.807, 2.05) is 30.3 Å². The fourth-order valence-electron chi connectivity index (χ4n) is 4.13. The third-order valence-corrected chi connectivity index (χ3v) is 6.22. The van der Waals surface area contributed by atoms with E-state index in [-0.39, 0.29) is 18.0 Å². The summed E-state index contributed by atoms with van der Waals surface area (Å²) in [5, 5.41) is 2.78. The van der Waals surface area contributed by atoms with Gasteiger partial charge in [0.2, 0.25) is 0 Å². The van der Waals surface area contributed by atoms with Gasteiger partial charge in [-0.05, 0) is 36.2 Å². The van der Waals surface area contributed by atoms with Gasteiger partial charge < -0.3 is 4.90 Å². The van der Waals surface area contributed by atoms with Crippen molar-refractivity contribution in [1.82, 2.24) is 4.90 Å². The molecule has 0 radical (unpaired) electrons. The van der Waals surface area contributed by atoms with Crippen LogP contribution in [0.25, 0.3) is 10.8 Å². The minimum absolute atomic E-state index is 0.110. The number of carbonyl (C=O) groups is 1. The minimum atomic E-state index is -0.111. The number of carbonyl (C=O) groups excluding carboxylic acids is 1. The second-order valence-electron chi connectivity index (χ2n) is 6.27. The summed E-state index contributed by atoms with van der Waals surface area (Å²) in [7, 11) is 0. The maximum Gasteiger partial charge on any atom is 0.256 e. The number of rotatable bonds is 1. The molecule has 2 saturated heterocycles. The summed E-state index contributed by atoms with van der Waals surface area (Å²) in [6.45, 7) is 0. The summed E-state index contributed by atoms with van der Waals surface area (Å²) in [4.78, 5) is 16.9. The van der Waals surface area contributed by atoms with Crippen LogP contribution in [-0.4, -0.2) is 28.0 Å². The van der Waals surface area contributed by atoms with E-state index < -0.39 is 0 Å². The Labute approximate surface area is 147 Å². The topological polar surface area (TPSA) is 23.6 Å². The first-order valence-electron chi connectivity index (χ1n) is 7.68. The summed E-state index contributed by atoms with van der Waals surface area (Å²) in [6.07, 6.45) is 5.38. The molecule has 3 nitrogen and oxygen atoms in total. The highest BCUT2D eigenvalue weighted by atomic mass is 79.9. The van der Waals surface area contributed by atoms with Gasteiger partial charge in [-0.1, -0.05) is 52.3 Å². The van der Waals surface area contributed by atoms with E-state index in [1.165, 1.54) is 0 Å². The molecule has 1 amide bonds. The van der Waals surface area contributed by atoms with Gasteiger partial charge in [0.05, 0.1) is 11.7 Å². The predicted octanol–water partition coefficient (Wildman–Crippen LogP) is 3.86. The molecule has 0 N–H and O–H groups in total. The first kappa shape index (κ1) is 13.7. The zero-order chi connectivity index (χ0) is 15.7. The van der Waals surface area contributed by atoms with Gasteiger partial charge in [-0.15, -0.1) is 0 Å². The van der Waals surface area contributed by atoms with E-state index in [9.17, 15) is 4.79 Å². The normalized spacial score (nSPS) is 28.3. The first-order valence-corrected chi connectivity index (χ1v) is 8.89. The van der Waals surface area contributed by atoms with E-state index >= 15 is 0 Å². The molecule has 1 aliphatic carbocycles. The lowest BCUT2D eigenvalue weighted by molar-refractivity contribution is -0.119. The van der Waals surface area contributed by atoms with Crippen molar-refractivity contribution >= 4 is 55.6 Å². The molecule has 23 heavy (non-hydrogen) atoms. The quantitative estimate of drug-likeness (QED) is 0.550. The zero-order valence-electron chi connectivity index (χ0n) is 12.1. The number of fused-ring (bicyclic) bond motifs is 6. The molecule has 2 fully saturated rings. The van der Waals surface area contributed by atoms with E-state index in [4.69, 9.17) is 12.2 Å². The number of benzene rings is 2. The molecule has 114 valence electrons. The molecule has 3 atom stereocenters. The van der Waals surface area contributed by atoms with Gasteiger partial charge >= 0.3 is 0 Å². The van der Waals surface area contributed by atoms with Crippen LogP contribution in [0.15, 0.2) is 53.0 Å². The number of amides is 1. The summed E-state index contributed by atoms with van der Waals surface area (Å²) in [5.74, 6) is 0.413. The van der Waals surface area contributed by atoms with Crippen molar-refractivity contribution in [2.45, 2.75) is 18.5 Å². The van der Waals surface area contributed by atoms with Crippen molar-refractivity contribution in [2.24, 2.45) is 5.92 Å². The summed E-state index contributed by atoms with van der Waals surface area (Å²) < 4.78 is 1.02. The molecule has 2 bridgehead atoms. The van der Waals surface area contributed by atoms with Gasteiger partial charge in [0, 0.05) is 15.8 Å². The van der Waals surface area contributed by atoms with E-state index in [0.717, 1.165) is 27.4 Å². The van der Waals surface area contributed by atoms with Crippen LogP contribution < -0.4 is 4.90 Å². The highest BCUT2D eigenvalue weighted by Gasteiger charge is 2.55. The van der Waals surface area contributed by atoms with Crippen LogP contribution in [0.5, 0.6) is 0 Å². The maximum absolute atomic E-state index is 13.1. The molecule has 2 aromatic carbocycles. The van der Waals surface area contributed by atoms with Crippen molar-refractivity contribution in [2.75, 3.05) is 4.90 Å². The molecule has 0 aromatic heterocycles. The molecule has 2 heterocycles. The fraction of sp³-hybridized carbons (Fsp3) is 0.222. The molecule has 2 aliphatic heterocycles. The van der Waals surface area contributed by atoms with Gasteiger partial charge in [0.15, 0.2) is 5.11 Å². The van der Waals surface area contributed by atoms with Crippen LogP contribution in [0, 0.1) is 5.92 Å². The number of halogens is 1. The predicted molar refractivity (Wildman–Crippen MR) is 98.4 cm³/mol. The lowest BCUT2D eigenvalue weighted by Gasteiger charge is -2.25. The Balaban J connectivity index is 1.68. The third-order valence-electron chi connectivity index (χ3n) is 5.13. The number of hydrogen-bond acceptors (Lipinski definition) is 2. The SMILES string of the molecule is O=C1[C@H]2C3C=CC(C3)N2C(=S)N1c1ccc(Br)c2ccccc12. The maximum atomic E-state index is 13.1. The Morgan fingerprint density at radius 1 is 1.09 bits per heavy atom. The van der Waals surface area contributed by atoms with Crippen LogP contribution >= 0.6 is 28.1 Å². The van der Waals surface area contributed by atoms with Gasteiger partial charge in [-0.3, -0.25) is 9.69 Å². The average Bonchev–Trinajstić information content (AvgIpc) is 3.24. The molecule has 3 aliphatic rings. The van der Waals surface area contributed by atoms with Crippen LogP contribution in [0.4, 0.5) is 5.69 Å². The summed E-state index contributed by atoms with van der Waals surface area (Å²) in [6, 6.07) is 12.2. The molecule has 2 aromatic rings. The summed E-state index contributed by atoms with van der Waals surface area (Å²) in [5.41, 5.74) is 0.882. The van der Waals surface area contributed by atoms with Crippen molar-refractivity contribution in [3.05, 3.63) is 53.0 Å². The van der Waals surface area contributed by atoms with Gasteiger partial charge in [-0.2, -0.15) is 0 Å². The lowest BCUT2D eigenvalue weighted by Crippen LogP contribution is -2.38. The Morgan fingerprint density at radius 2 is 1.87 bits per heavy atom. The smallest absolute Gasteiger partial charge is 0.256 e. The third kappa shape index (κ3) is 1.69. The Kier molecular flexibility index (Phi) is 2.77. The van der Waals surface area contributed by atoms with E-state index in [2.05, 4.69) is 39.0 Å². The molecule has 0 saturated carbocycles. The molecule has 5 heteroatoms. The molecular formula is C18H13BrN2OS. The Morgan fingerprint density at radius 3 is 2.65 bits per heavy atom. The van der Waals surface area contributed by atoms with Crippen molar-refractivity contribution < 1.29 is 4.79 Å². The number of hydrogen-bond donors (Lipinski definition) is 0. The second kappa shape index (κ2) is 4.65. The number of anilines is 1. The molecular weight excluding hydrogens is 372 g/mol. The van der Waals surface area contributed by atoms with Gasteiger partial charge in [-0.25, -0.2) is 0 Å². The average molecular weight is 385 g/mol. The standard InChI is InChI=1S/C18H13BrN2OS/c19-14-7-8-15(13-4-2-1-3-12(13)14)21-17(22)16-10-5-6-11(9-10)20(16)18(21)23/h1-8,10-11,16H,9H2/t10?,11?,16-/m1/s1. The van der Waals surface area contributed by atoms with Crippen LogP contribution in [-0.2, 0) is 4.79 Å². The second-order valence-corrected chi connectivity index (χ2v) is 7.49. The highest BCUT2D eigenvalue weighted by molar-refractivity contribution is 9.10. The molecule has 2 unspecified atom stereocenters. The largest absolute Gasteiger partial charge is 0.329 e. The molecule has 0 spiro atoms. The van der Waals surface area contributed by atoms with Gasteiger partial charge in [0.1, 0.15) is 6.04 Å². The van der Waals surface area contributed by atoms with Crippen molar-refractivity contribution in [3.8, 4) is 0 Å². The Bertz CT molecular complexity index is 879. The van der Waals surface area contributed by atoms with Gasteiger partial charge in [0.25, 0.3) is 5.91 Å². The lowest BCUT2D eigenvalue weighted by atomic mass is 10.0. The fourth-order valence-corrected chi connectivity index (χ4v) is 5.04. The monoisotopic (exact) mass is 384 g/mol. The van der Waals surface area contributed by atoms with E-state index in [1.54, 1.807) is 4.90 Å². The van der Waals surface area contributed by atoms with E-state index in [0.29, 0.717) is 11.0 Å². The van der Waals surface area contributed by atoms with Crippen LogP contribution in [0.3, 0.4) is 0 Å². The van der Waals surface area contributed by atoms with Crippen LogP contribution in [0.2, 0.25) is 0 Å². The highest BCUT2D eigenvalue weighted by Crippen LogP contribution is 2.45. The zero-order valence-corrected chi connectivity index (χ0v) is 14.5. The minimum Gasteiger partial charge on any atom is -0.329 e. The van der Waals surface area contributed by atoms with Crippen molar-refractivity contribution in [1.29, 1.82) is 0 Å². The first-order chi connectivity index (χ1) is 11.2. The summed E-state index contributed by atoms with van der Waals surface area (Å²) >= 11 is 9.27. The van der Waals surface area contributed by atoms with Crippen molar-refractivity contribution in [3.63, 3.8) is 0 Å². The van der Waals surface area contributed by atoms with Crippen LogP contribution in [0.1, 0.15) is 6.42 Å². The number of thiocarbonyl (C=S) groups is 1.